The van der Waals surface area contributed by atoms with Crippen LogP contribution in [0.5, 0.6) is 11.5 Å². The number of allylic oxidation sites excluding steroid dienone is 1. The van der Waals surface area contributed by atoms with E-state index < -0.39 is 70.7 Å². The van der Waals surface area contributed by atoms with Crippen LogP contribution in [0.2, 0.25) is 0 Å². The number of alkyl halides is 9. The molecule has 0 aromatic heterocycles. The minimum atomic E-state index is -6.03. The number of aryl methyl sites for hydroxylation is 1. The van der Waals surface area contributed by atoms with E-state index in [1.54, 1.807) is 0 Å². The molecule has 1 aliphatic carbocycles. The number of ether oxygens (including phenoxy) is 3. The second-order valence-electron chi connectivity index (χ2n) is 12.1. The zero-order valence-corrected chi connectivity index (χ0v) is 26.3. The fourth-order valence-electron chi connectivity index (χ4n) is 6.08. The van der Waals surface area contributed by atoms with Crippen LogP contribution in [0.4, 0.5) is 52.7 Å². The molecule has 0 radical (unpaired) electrons. The van der Waals surface area contributed by atoms with E-state index in [0.717, 1.165) is 29.2 Å². The zero-order valence-electron chi connectivity index (χ0n) is 26.3. The van der Waals surface area contributed by atoms with E-state index in [2.05, 4.69) is 22.1 Å². The Bertz CT molecular complexity index is 1860. The summed E-state index contributed by atoms with van der Waals surface area (Å²) in [6, 6.07) is 12.6. The maximum Gasteiger partial charge on any atom is 0.527 e. The molecule has 4 aromatic carbocycles. The summed E-state index contributed by atoms with van der Waals surface area (Å²) in [4.78, 5) is 0. The summed E-state index contributed by atoms with van der Waals surface area (Å²) in [5, 5.41) is 2.07. The molecule has 0 amide bonds. The normalized spacial score (nSPS) is 17.4. The highest BCUT2D eigenvalue weighted by molar-refractivity contribution is 5.84. The van der Waals surface area contributed by atoms with Crippen LogP contribution < -0.4 is 9.47 Å². The largest absolute Gasteiger partial charge is 0.527 e. The van der Waals surface area contributed by atoms with Gasteiger partial charge in [-0.15, -0.1) is 19.8 Å². The molecule has 1 aliphatic rings. The first-order valence-corrected chi connectivity index (χ1v) is 15.5. The van der Waals surface area contributed by atoms with Crippen molar-refractivity contribution in [3.63, 3.8) is 0 Å². The lowest BCUT2D eigenvalue weighted by Crippen LogP contribution is -2.37. The summed E-state index contributed by atoms with van der Waals surface area (Å²) in [5.41, 5.74) is -2.01. The van der Waals surface area contributed by atoms with Crippen molar-refractivity contribution in [1.29, 1.82) is 0 Å². The van der Waals surface area contributed by atoms with Gasteiger partial charge in [0.25, 0.3) is 0 Å². The Morgan fingerprint density at radius 1 is 0.647 bits per heavy atom. The first-order valence-electron chi connectivity index (χ1n) is 15.5. The van der Waals surface area contributed by atoms with Crippen molar-refractivity contribution in [3.8, 4) is 11.5 Å². The van der Waals surface area contributed by atoms with Gasteiger partial charge in [-0.25, -0.2) is 17.9 Å². The van der Waals surface area contributed by atoms with Gasteiger partial charge in [0.2, 0.25) is 0 Å². The fourth-order valence-corrected chi connectivity index (χ4v) is 6.08. The van der Waals surface area contributed by atoms with Gasteiger partial charge in [0, 0.05) is 18.2 Å². The SMILES string of the molecule is C=CCCc1ccc2cc(C3CCC(C(F)(F)Oc4ccc(C(F)(F)Oc5cc(F)c(C(F)(F)OC(F)(F)F)c(F)c5)c(F)c4)CC3)ccc2c1. The van der Waals surface area contributed by atoms with E-state index in [1.807, 2.05) is 36.4 Å². The summed E-state index contributed by atoms with van der Waals surface area (Å²) in [6.07, 6.45) is -15.8. The Labute approximate surface area is 283 Å². The predicted octanol–water partition coefficient (Wildman–Crippen LogP) is 12.0. The number of fused-ring (bicyclic) bond motifs is 1. The van der Waals surface area contributed by atoms with Gasteiger partial charge in [0.05, 0.1) is 5.92 Å². The quantitative estimate of drug-likeness (QED) is 0.107. The van der Waals surface area contributed by atoms with Crippen molar-refractivity contribution in [3.05, 3.63) is 119 Å². The van der Waals surface area contributed by atoms with Gasteiger partial charge in [-0.1, -0.05) is 42.5 Å². The van der Waals surface area contributed by atoms with Crippen LogP contribution in [0, 0.1) is 23.4 Å². The molecule has 0 spiro atoms. The Morgan fingerprint density at radius 3 is 1.86 bits per heavy atom. The molecular weight excluding hydrogens is 708 g/mol. The van der Waals surface area contributed by atoms with Crippen LogP contribution in [0.25, 0.3) is 10.8 Å². The molecule has 0 heterocycles. The lowest BCUT2D eigenvalue weighted by molar-refractivity contribution is -0.432. The van der Waals surface area contributed by atoms with Crippen molar-refractivity contribution in [2.75, 3.05) is 0 Å². The average Bonchev–Trinajstić information content (AvgIpc) is 3.01. The molecule has 51 heavy (non-hydrogen) atoms. The summed E-state index contributed by atoms with van der Waals surface area (Å²) in [5.74, 6) is -10.4. The minimum absolute atomic E-state index is 0.00344. The van der Waals surface area contributed by atoms with Crippen LogP contribution in [0.3, 0.4) is 0 Å². The van der Waals surface area contributed by atoms with Crippen molar-refractivity contribution >= 4 is 10.8 Å². The van der Waals surface area contributed by atoms with E-state index in [0.29, 0.717) is 25.0 Å². The maximum absolute atomic E-state index is 15.2. The van der Waals surface area contributed by atoms with Gasteiger partial charge in [-0.05, 0) is 78.5 Å². The molecule has 1 fully saturated rings. The average molecular weight is 737 g/mol. The second kappa shape index (κ2) is 14.3. The number of hydrogen-bond acceptors (Lipinski definition) is 3. The van der Waals surface area contributed by atoms with E-state index in [-0.39, 0.29) is 37.0 Å². The summed E-state index contributed by atoms with van der Waals surface area (Å²) in [7, 11) is 0. The van der Waals surface area contributed by atoms with Crippen LogP contribution in [0.1, 0.15) is 60.3 Å². The highest BCUT2D eigenvalue weighted by Crippen LogP contribution is 2.45. The molecule has 0 bridgehead atoms. The standard InChI is InChI=1S/C36H28F12O3/c1-2-3-4-20-5-6-24-16-23(8-7-22(24)15-20)21-9-11-25(12-10-21)33(40,41)49-26-13-14-28(29(37)17-26)34(42,43)50-27-18-30(38)32(31(39)19-27)35(44,45)51-36(46,47)48/h2,5-8,13-19,21,25H,1,3-4,9-12H2. The molecule has 0 saturated heterocycles. The lowest BCUT2D eigenvalue weighted by atomic mass is 9.78. The Morgan fingerprint density at radius 2 is 1.25 bits per heavy atom. The van der Waals surface area contributed by atoms with E-state index in [9.17, 15) is 43.9 Å². The monoisotopic (exact) mass is 736 g/mol. The van der Waals surface area contributed by atoms with Crippen molar-refractivity contribution in [1.82, 2.24) is 0 Å². The molecule has 0 N–H and O–H groups in total. The number of rotatable bonds is 12. The number of hydrogen-bond donors (Lipinski definition) is 0. The third-order valence-electron chi connectivity index (χ3n) is 8.54. The van der Waals surface area contributed by atoms with E-state index in [4.69, 9.17) is 4.74 Å². The summed E-state index contributed by atoms with van der Waals surface area (Å²) < 4.78 is 178. The van der Waals surface area contributed by atoms with Crippen molar-refractivity contribution < 1.29 is 66.9 Å². The first-order chi connectivity index (χ1) is 23.8. The summed E-state index contributed by atoms with van der Waals surface area (Å²) in [6.45, 7) is 3.73. The molecule has 5 rings (SSSR count). The Hall–Kier alpha value is -4.40. The third-order valence-corrected chi connectivity index (χ3v) is 8.54. The first kappa shape index (κ1) is 37.8. The predicted molar refractivity (Wildman–Crippen MR) is 161 cm³/mol. The van der Waals surface area contributed by atoms with Crippen LogP contribution in [-0.4, -0.2) is 12.5 Å². The molecule has 274 valence electrons. The highest BCUT2D eigenvalue weighted by Gasteiger charge is 2.50. The highest BCUT2D eigenvalue weighted by atomic mass is 19.4. The molecule has 3 nitrogen and oxygen atoms in total. The number of halogens is 12. The molecule has 1 saturated carbocycles. The molecular formula is C36H28F12O3. The van der Waals surface area contributed by atoms with Crippen LogP contribution >= 0.6 is 0 Å². The molecule has 15 heteroatoms. The van der Waals surface area contributed by atoms with Crippen molar-refractivity contribution in [2.45, 2.75) is 69.1 Å². The van der Waals surface area contributed by atoms with Gasteiger partial charge in [-0.2, -0.15) is 26.3 Å². The smallest absolute Gasteiger partial charge is 0.432 e. The topological polar surface area (TPSA) is 27.7 Å². The Kier molecular flexibility index (Phi) is 10.6. The maximum atomic E-state index is 15.2. The van der Waals surface area contributed by atoms with Crippen LogP contribution in [-0.2, 0) is 23.4 Å². The van der Waals surface area contributed by atoms with E-state index in [1.165, 1.54) is 5.56 Å². The van der Waals surface area contributed by atoms with Gasteiger partial charge >= 0.3 is 24.7 Å². The molecule has 0 atom stereocenters. The van der Waals surface area contributed by atoms with Gasteiger partial charge in [-0.3, -0.25) is 0 Å². The van der Waals surface area contributed by atoms with Gasteiger partial charge < -0.3 is 9.47 Å². The lowest BCUT2D eigenvalue weighted by Gasteiger charge is -2.33. The van der Waals surface area contributed by atoms with Crippen molar-refractivity contribution in [2.24, 2.45) is 5.92 Å². The summed E-state index contributed by atoms with van der Waals surface area (Å²) >= 11 is 0. The second-order valence-corrected chi connectivity index (χ2v) is 12.1. The molecule has 4 aromatic rings. The fraction of sp³-hybridized carbons (Fsp3) is 0.333. The third kappa shape index (κ3) is 8.92. The Balaban J connectivity index is 1.22. The number of benzene rings is 4. The van der Waals surface area contributed by atoms with Crippen LogP contribution in [0.15, 0.2) is 79.4 Å². The minimum Gasteiger partial charge on any atom is -0.432 e. The van der Waals surface area contributed by atoms with Gasteiger partial charge in [0.1, 0.15) is 40.1 Å². The zero-order chi connectivity index (χ0) is 37.4. The molecule has 0 aliphatic heterocycles. The van der Waals surface area contributed by atoms with E-state index >= 15 is 8.78 Å². The van der Waals surface area contributed by atoms with Gasteiger partial charge in [0.15, 0.2) is 0 Å². The molecule has 0 unspecified atom stereocenters.